The summed E-state index contributed by atoms with van der Waals surface area (Å²) < 4.78 is 28.1. The fourth-order valence-electron chi connectivity index (χ4n) is 3.33. The van der Waals surface area contributed by atoms with Gasteiger partial charge in [-0.05, 0) is 54.3 Å². The highest BCUT2D eigenvalue weighted by Crippen LogP contribution is 2.29. The fraction of sp³-hybridized carbons (Fsp3) is 0.200. The van der Waals surface area contributed by atoms with E-state index in [0.717, 1.165) is 0 Å². The summed E-state index contributed by atoms with van der Waals surface area (Å²) in [7, 11) is 0. The van der Waals surface area contributed by atoms with Crippen LogP contribution in [0.1, 0.15) is 12.0 Å². The van der Waals surface area contributed by atoms with E-state index < -0.39 is 11.8 Å². The summed E-state index contributed by atoms with van der Waals surface area (Å²) in [6.07, 6.45) is 5.52. The van der Waals surface area contributed by atoms with Gasteiger partial charge in [0.25, 0.3) is 0 Å². The van der Waals surface area contributed by atoms with Crippen molar-refractivity contribution in [2.24, 2.45) is 5.92 Å². The molecular weight excluding hydrogens is 386 g/mol. The predicted molar refractivity (Wildman–Crippen MR) is 101 cm³/mol. The van der Waals surface area contributed by atoms with Crippen LogP contribution < -0.4 is 4.90 Å². The summed E-state index contributed by atoms with van der Waals surface area (Å²) in [5.74, 6) is -1.50. The van der Waals surface area contributed by atoms with Crippen LogP contribution in [0, 0.1) is 17.7 Å². The summed E-state index contributed by atoms with van der Waals surface area (Å²) >= 11 is 5.59. The Balaban J connectivity index is 1.52. The fourth-order valence-corrected chi connectivity index (χ4v) is 3.44. The van der Waals surface area contributed by atoms with Gasteiger partial charge in [-0.2, -0.15) is 4.39 Å². The molecule has 0 bridgehead atoms. The van der Waals surface area contributed by atoms with E-state index in [1.54, 1.807) is 36.7 Å². The van der Waals surface area contributed by atoms with Crippen molar-refractivity contribution in [3.63, 3.8) is 0 Å². The average molecular weight is 401 g/mol. The number of hydrogen-bond acceptors (Lipinski definition) is 4. The van der Waals surface area contributed by atoms with Gasteiger partial charge in [0.1, 0.15) is 5.82 Å². The minimum Gasteiger partial charge on any atom is -0.296 e. The zero-order chi connectivity index (χ0) is 19.7. The molecule has 1 fully saturated rings. The number of pyridine rings is 3. The third-order valence-electron chi connectivity index (χ3n) is 4.75. The smallest absolute Gasteiger partial charge is 0.231 e. The first-order valence-electron chi connectivity index (χ1n) is 8.71. The first-order valence-corrected chi connectivity index (χ1v) is 9.09. The van der Waals surface area contributed by atoms with Crippen molar-refractivity contribution in [2.75, 3.05) is 11.4 Å². The number of rotatable bonds is 4. The number of anilines is 1. The van der Waals surface area contributed by atoms with Gasteiger partial charge in [0.15, 0.2) is 11.0 Å². The molecule has 4 heterocycles. The Morgan fingerprint density at radius 3 is 2.68 bits per heavy atom. The van der Waals surface area contributed by atoms with Gasteiger partial charge in [0.2, 0.25) is 11.9 Å². The van der Waals surface area contributed by atoms with Gasteiger partial charge >= 0.3 is 0 Å². The number of carbonyl (C=O) groups excluding carboxylic acids is 1. The molecule has 0 spiro atoms. The van der Waals surface area contributed by atoms with Gasteiger partial charge in [-0.15, -0.1) is 0 Å². The summed E-state index contributed by atoms with van der Waals surface area (Å²) in [5.41, 5.74) is 1.60. The monoisotopic (exact) mass is 400 g/mol. The maximum atomic E-state index is 14.5. The zero-order valence-corrected chi connectivity index (χ0v) is 15.4. The van der Waals surface area contributed by atoms with Gasteiger partial charge in [-0.1, -0.05) is 11.6 Å². The van der Waals surface area contributed by atoms with Crippen LogP contribution in [0.2, 0.25) is 5.15 Å². The first-order chi connectivity index (χ1) is 13.5. The number of nitrogens with zero attached hydrogens (tertiary/aromatic N) is 4. The van der Waals surface area contributed by atoms with Crippen LogP contribution in [-0.4, -0.2) is 27.4 Å². The van der Waals surface area contributed by atoms with Crippen molar-refractivity contribution in [1.29, 1.82) is 0 Å². The molecule has 3 aromatic heterocycles. The van der Waals surface area contributed by atoms with Crippen molar-refractivity contribution in [1.82, 2.24) is 15.0 Å². The van der Waals surface area contributed by atoms with Gasteiger partial charge in [-0.3, -0.25) is 14.7 Å². The number of halogens is 3. The van der Waals surface area contributed by atoms with E-state index in [1.807, 2.05) is 0 Å². The van der Waals surface area contributed by atoms with E-state index in [9.17, 15) is 13.6 Å². The van der Waals surface area contributed by atoms with Crippen LogP contribution in [0.15, 0.2) is 48.9 Å². The summed E-state index contributed by atoms with van der Waals surface area (Å²) in [6, 6.07) is 7.90. The Bertz CT molecular complexity index is 1030. The van der Waals surface area contributed by atoms with Crippen molar-refractivity contribution in [3.05, 3.63) is 71.4 Å². The minimum atomic E-state index is -0.649. The lowest BCUT2D eigenvalue weighted by Crippen LogP contribution is -2.28. The van der Waals surface area contributed by atoms with Crippen LogP contribution in [0.3, 0.4) is 0 Å². The van der Waals surface area contributed by atoms with Crippen molar-refractivity contribution in [3.8, 4) is 11.1 Å². The van der Waals surface area contributed by atoms with E-state index in [-0.39, 0.29) is 22.8 Å². The topological polar surface area (TPSA) is 59.0 Å². The lowest BCUT2D eigenvalue weighted by molar-refractivity contribution is -0.120. The molecule has 28 heavy (non-hydrogen) atoms. The summed E-state index contributed by atoms with van der Waals surface area (Å²) in [6.45, 7) is 0.425. The highest BCUT2D eigenvalue weighted by Gasteiger charge is 2.33. The summed E-state index contributed by atoms with van der Waals surface area (Å²) in [4.78, 5) is 25.9. The summed E-state index contributed by atoms with van der Waals surface area (Å²) in [5, 5.41) is -0.197. The van der Waals surface area contributed by atoms with Gasteiger partial charge in [0.05, 0.1) is 0 Å². The molecule has 1 amide bonds. The minimum absolute atomic E-state index is 0.168. The number of carbonyl (C=O) groups is 1. The molecule has 1 atom stereocenters. The van der Waals surface area contributed by atoms with E-state index >= 15 is 0 Å². The van der Waals surface area contributed by atoms with Crippen LogP contribution in [-0.2, 0) is 11.2 Å². The third-order valence-corrected chi connectivity index (χ3v) is 5.03. The van der Waals surface area contributed by atoms with Gasteiger partial charge in [0, 0.05) is 36.6 Å². The largest absolute Gasteiger partial charge is 0.296 e. The van der Waals surface area contributed by atoms with E-state index in [2.05, 4.69) is 15.0 Å². The standard InChI is InChI=1S/C20H15ClF2N4O/c21-18-16(22)10-12(11-25-18)9-14-5-8-27(20(14)28)17-2-1-15(19(23)26-17)13-3-6-24-7-4-13/h1-4,6-7,10-11,14H,5,8-9H2/t14-/m1/s1. The molecule has 1 aliphatic rings. The lowest BCUT2D eigenvalue weighted by atomic mass is 9.99. The second-order valence-corrected chi connectivity index (χ2v) is 6.90. The predicted octanol–water partition coefficient (Wildman–Crippen LogP) is 4.07. The molecular formula is C20H15ClF2N4O. The maximum Gasteiger partial charge on any atom is 0.231 e. The lowest BCUT2D eigenvalue weighted by Gasteiger charge is -2.16. The molecule has 1 saturated heterocycles. The second-order valence-electron chi connectivity index (χ2n) is 6.54. The quantitative estimate of drug-likeness (QED) is 0.619. The molecule has 3 aromatic rings. The normalized spacial score (nSPS) is 16.6. The Morgan fingerprint density at radius 2 is 1.96 bits per heavy atom. The van der Waals surface area contributed by atoms with Crippen LogP contribution in [0.25, 0.3) is 11.1 Å². The number of aromatic nitrogens is 3. The molecule has 4 rings (SSSR count). The average Bonchev–Trinajstić information content (AvgIpc) is 3.06. The van der Waals surface area contributed by atoms with Gasteiger partial charge < -0.3 is 0 Å². The van der Waals surface area contributed by atoms with Crippen molar-refractivity contribution in [2.45, 2.75) is 12.8 Å². The molecule has 0 aliphatic carbocycles. The van der Waals surface area contributed by atoms with E-state index in [1.165, 1.54) is 17.2 Å². The molecule has 5 nitrogen and oxygen atoms in total. The Hall–Kier alpha value is -2.93. The zero-order valence-electron chi connectivity index (χ0n) is 14.6. The van der Waals surface area contributed by atoms with Crippen LogP contribution in [0.4, 0.5) is 14.6 Å². The van der Waals surface area contributed by atoms with Gasteiger partial charge in [-0.25, -0.2) is 14.4 Å². The number of hydrogen-bond donors (Lipinski definition) is 0. The SMILES string of the molecule is O=C1[C@@H](Cc2cnc(Cl)c(F)c2)CCN1c1ccc(-c2ccncc2)c(F)n1. The molecule has 0 N–H and O–H groups in total. The highest BCUT2D eigenvalue weighted by molar-refractivity contribution is 6.29. The molecule has 1 aliphatic heterocycles. The molecule has 0 unspecified atom stereocenters. The third kappa shape index (κ3) is 3.57. The van der Waals surface area contributed by atoms with Crippen LogP contribution in [0.5, 0.6) is 0 Å². The molecule has 0 radical (unpaired) electrons. The molecule has 0 saturated carbocycles. The van der Waals surface area contributed by atoms with E-state index in [0.29, 0.717) is 36.1 Å². The highest BCUT2D eigenvalue weighted by atomic mass is 35.5. The number of amides is 1. The molecule has 8 heteroatoms. The molecule has 142 valence electrons. The van der Waals surface area contributed by atoms with Crippen LogP contribution >= 0.6 is 11.6 Å². The second kappa shape index (κ2) is 7.59. The Kier molecular flexibility index (Phi) is 5.00. The first kappa shape index (κ1) is 18.4. The maximum absolute atomic E-state index is 14.5. The van der Waals surface area contributed by atoms with E-state index in [4.69, 9.17) is 11.6 Å². The molecule has 0 aromatic carbocycles. The Morgan fingerprint density at radius 1 is 1.18 bits per heavy atom. The van der Waals surface area contributed by atoms with Crippen molar-refractivity contribution < 1.29 is 13.6 Å². The van der Waals surface area contributed by atoms with Crippen molar-refractivity contribution >= 4 is 23.3 Å². The Labute approximate surface area is 165 Å².